The molecular formula is C16H20N2O4. The minimum atomic E-state index is -0.294. The summed E-state index contributed by atoms with van der Waals surface area (Å²) in [5, 5.41) is 10.0. The minimum absolute atomic E-state index is 0.00206. The number of fused-ring (bicyclic) bond motifs is 2. The zero-order chi connectivity index (χ0) is 16.0. The van der Waals surface area contributed by atoms with E-state index in [1.165, 1.54) is 7.11 Å². The first-order valence-corrected chi connectivity index (χ1v) is 7.12. The van der Waals surface area contributed by atoms with Crippen molar-refractivity contribution in [1.29, 1.82) is 0 Å². The van der Waals surface area contributed by atoms with Crippen molar-refractivity contribution in [3.63, 3.8) is 0 Å². The van der Waals surface area contributed by atoms with Gasteiger partial charge in [0.15, 0.2) is 17.7 Å². The summed E-state index contributed by atoms with van der Waals surface area (Å²) in [4.78, 5) is 16.6. The molecule has 0 bridgehead atoms. The normalized spacial score (nSPS) is 24.1. The number of carbonyl (C=O) groups is 1. The highest BCUT2D eigenvalue weighted by Gasteiger charge is 2.43. The van der Waals surface area contributed by atoms with Gasteiger partial charge in [-0.05, 0) is 12.5 Å². The van der Waals surface area contributed by atoms with Crippen LogP contribution in [0.4, 0.5) is 5.69 Å². The van der Waals surface area contributed by atoms with Crippen LogP contribution in [0, 0.1) is 0 Å². The minimum Gasteiger partial charge on any atom is -0.504 e. The summed E-state index contributed by atoms with van der Waals surface area (Å²) in [5.74, 6) is 0.191. The van der Waals surface area contributed by atoms with Gasteiger partial charge in [0.1, 0.15) is 0 Å². The molecule has 0 aromatic heterocycles. The number of amides is 1. The van der Waals surface area contributed by atoms with Gasteiger partial charge in [-0.2, -0.15) is 0 Å². The number of carbonyl (C=O) groups excluding carboxylic acids is 1. The number of ether oxygens (including phenoxy) is 2. The van der Waals surface area contributed by atoms with Crippen molar-refractivity contribution in [2.24, 2.45) is 0 Å². The van der Waals surface area contributed by atoms with Crippen LogP contribution in [0.1, 0.15) is 16.8 Å². The maximum absolute atomic E-state index is 12.9. The number of aromatic hydroxyl groups is 1. The van der Waals surface area contributed by atoms with Gasteiger partial charge >= 0.3 is 0 Å². The predicted molar refractivity (Wildman–Crippen MR) is 82.4 cm³/mol. The molecule has 0 saturated carbocycles. The summed E-state index contributed by atoms with van der Waals surface area (Å²) >= 11 is 0. The number of phenolic OH excluding ortho intramolecular Hbond substituents is 1. The summed E-state index contributed by atoms with van der Waals surface area (Å²) in [6, 6.07) is 3.05. The van der Waals surface area contributed by atoms with Gasteiger partial charge in [0.2, 0.25) is 0 Å². The summed E-state index contributed by atoms with van der Waals surface area (Å²) in [5.41, 5.74) is 2.15. The van der Waals surface area contributed by atoms with Gasteiger partial charge in [-0.15, -0.1) is 0 Å². The van der Waals surface area contributed by atoms with Crippen molar-refractivity contribution >= 4 is 11.6 Å². The SMILES string of the molecule is C=C1C[C@H]2[C@H](OC)N(C)c3cc(O)c(OC)cc3C(=O)N2C1. The molecule has 1 fully saturated rings. The molecule has 2 heterocycles. The zero-order valence-electron chi connectivity index (χ0n) is 13.0. The molecular weight excluding hydrogens is 284 g/mol. The van der Waals surface area contributed by atoms with Crippen LogP contribution >= 0.6 is 0 Å². The first-order valence-electron chi connectivity index (χ1n) is 7.12. The van der Waals surface area contributed by atoms with Gasteiger partial charge in [0.25, 0.3) is 5.91 Å². The molecule has 0 aliphatic carbocycles. The van der Waals surface area contributed by atoms with Gasteiger partial charge in [0.05, 0.1) is 24.4 Å². The zero-order valence-corrected chi connectivity index (χ0v) is 13.0. The van der Waals surface area contributed by atoms with Gasteiger partial charge in [-0.3, -0.25) is 4.79 Å². The van der Waals surface area contributed by atoms with Crippen molar-refractivity contribution in [2.75, 3.05) is 32.7 Å². The highest BCUT2D eigenvalue weighted by Crippen LogP contribution is 2.40. The second-order valence-corrected chi connectivity index (χ2v) is 5.73. The molecule has 22 heavy (non-hydrogen) atoms. The molecule has 1 aromatic rings. The molecule has 3 rings (SSSR count). The lowest BCUT2D eigenvalue weighted by molar-refractivity contribution is 0.0312. The van der Waals surface area contributed by atoms with Crippen LogP contribution in [0.3, 0.4) is 0 Å². The molecule has 2 atom stereocenters. The van der Waals surface area contributed by atoms with E-state index in [0.717, 1.165) is 5.57 Å². The molecule has 0 spiro atoms. The Morgan fingerprint density at radius 3 is 2.73 bits per heavy atom. The molecule has 2 aliphatic heterocycles. The highest BCUT2D eigenvalue weighted by atomic mass is 16.5. The molecule has 1 saturated heterocycles. The number of phenols is 1. The lowest BCUT2D eigenvalue weighted by atomic mass is 10.1. The van der Waals surface area contributed by atoms with Crippen molar-refractivity contribution in [3.8, 4) is 11.5 Å². The Morgan fingerprint density at radius 1 is 1.36 bits per heavy atom. The molecule has 1 aromatic carbocycles. The first kappa shape index (κ1) is 14.7. The largest absolute Gasteiger partial charge is 0.504 e. The van der Waals surface area contributed by atoms with E-state index in [9.17, 15) is 9.90 Å². The van der Waals surface area contributed by atoms with Gasteiger partial charge in [-0.25, -0.2) is 0 Å². The molecule has 6 heteroatoms. The fourth-order valence-corrected chi connectivity index (χ4v) is 3.35. The van der Waals surface area contributed by atoms with Crippen molar-refractivity contribution in [2.45, 2.75) is 18.7 Å². The van der Waals surface area contributed by atoms with E-state index in [1.807, 2.05) is 11.9 Å². The smallest absolute Gasteiger partial charge is 0.256 e. The Morgan fingerprint density at radius 2 is 2.09 bits per heavy atom. The average Bonchev–Trinajstić information content (AvgIpc) is 2.85. The van der Waals surface area contributed by atoms with E-state index in [2.05, 4.69) is 6.58 Å². The molecule has 118 valence electrons. The number of nitrogens with zero attached hydrogens (tertiary/aromatic N) is 2. The third-order valence-corrected chi connectivity index (χ3v) is 4.41. The number of hydrogen-bond acceptors (Lipinski definition) is 5. The Hall–Kier alpha value is -2.21. The summed E-state index contributed by atoms with van der Waals surface area (Å²) in [6.07, 6.45) is 0.420. The van der Waals surface area contributed by atoms with Crippen LogP contribution in [-0.4, -0.2) is 56.0 Å². The van der Waals surface area contributed by atoms with Gasteiger partial charge in [-0.1, -0.05) is 12.2 Å². The third-order valence-electron chi connectivity index (χ3n) is 4.41. The Balaban J connectivity index is 2.17. The lowest BCUT2D eigenvalue weighted by Crippen LogP contribution is -2.48. The molecule has 2 aliphatic rings. The Bertz CT molecular complexity index is 643. The lowest BCUT2D eigenvalue weighted by Gasteiger charge is -2.33. The van der Waals surface area contributed by atoms with Crippen molar-refractivity contribution in [3.05, 3.63) is 29.8 Å². The fraction of sp³-hybridized carbons (Fsp3) is 0.438. The van der Waals surface area contributed by atoms with E-state index < -0.39 is 0 Å². The van der Waals surface area contributed by atoms with E-state index >= 15 is 0 Å². The van der Waals surface area contributed by atoms with Gasteiger partial charge in [0, 0.05) is 26.8 Å². The Labute approximate surface area is 129 Å². The number of methoxy groups -OCH3 is 2. The number of benzene rings is 1. The first-order chi connectivity index (χ1) is 10.5. The molecule has 0 radical (unpaired) electrons. The number of anilines is 1. The molecule has 1 N–H and O–H groups in total. The van der Waals surface area contributed by atoms with Crippen LogP contribution in [0.5, 0.6) is 11.5 Å². The second-order valence-electron chi connectivity index (χ2n) is 5.73. The molecule has 6 nitrogen and oxygen atoms in total. The van der Waals surface area contributed by atoms with E-state index in [-0.39, 0.29) is 29.7 Å². The van der Waals surface area contributed by atoms with E-state index in [1.54, 1.807) is 24.1 Å². The van der Waals surface area contributed by atoms with Crippen molar-refractivity contribution in [1.82, 2.24) is 4.90 Å². The van der Waals surface area contributed by atoms with Crippen LogP contribution < -0.4 is 9.64 Å². The van der Waals surface area contributed by atoms with Crippen LogP contribution in [0.2, 0.25) is 0 Å². The van der Waals surface area contributed by atoms with Crippen molar-refractivity contribution < 1.29 is 19.4 Å². The summed E-state index contributed by atoms with van der Waals surface area (Å²) < 4.78 is 10.8. The van der Waals surface area contributed by atoms with E-state index in [0.29, 0.717) is 24.2 Å². The van der Waals surface area contributed by atoms with Crippen LogP contribution in [0.15, 0.2) is 24.3 Å². The second kappa shape index (κ2) is 5.21. The number of hydrogen-bond donors (Lipinski definition) is 1. The topological polar surface area (TPSA) is 62.2 Å². The average molecular weight is 304 g/mol. The van der Waals surface area contributed by atoms with Crippen LogP contribution in [-0.2, 0) is 4.74 Å². The quantitative estimate of drug-likeness (QED) is 0.841. The standard InChI is InChI=1S/C16H20N2O4/c1-9-5-12-16(22-4)17(2)11-7-13(19)14(21-3)6-10(11)15(20)18(12)8-9/h6-7,12,16,19H,1,5,8H2,2-4H3/t12-,16-/m0/s1. The summed E-state index contributed by atoms with van der Waals surface area (Å²) in [7, 11) is 4.95. The maximum atomic E-state index is 12.9. The maximum Gasteiger partial charge on any atom is 0.256 e. The van der Waals surface area contributed by atoms with Gasteiger partial charge < -0.3 is 24.4 Å². The number of rotatable bonds is 2. The molecule has 1 amide bonds. The predicted octanol–water partition coefficient (Wildman–Crippen LogP) is 1.59. The molecule has 0 unspecified atom stereocenters. The highest BCUT2D eigenvalue weighted by molar-refractivity contribution is 6.02. The van der Waals surface area contributed by atoms with Crippen LogP contribution in [0.25, 0.3) is 0 Å². The fourth-order valence-electron chi connectivity index (χ4n) is 3.35. The van der Waals surface area contributed by atoms with E-state index in [4.69, 9.17) is 9.47 Å². The monoisotopic (exact) mass is 304 g/mol. The number of likely N-dealkylation sites (N-methyl/N-ethyl adjacent to an activating group) is 1. The Kier molecular flexibility index (Phi) is 3.48. The third kappa shape index (κ3) is 2.02. The summed E-state index contributed by atoms with van der Waals surface area (Å²) in [6.45, 7) is 4.54.